The molecule has 2 nitrogen and oxygen atoms in total. The van der Waals surface area contributed by atoms with Gasteiger partial charge in [-0.05, 0) is 114 Å². The number of aromatic nitrogens is 2. The standard InChI is InChI=1S/C54H42N2/c1-4-17-37(18-5-1)40-33-41(38-19-6-2-7-20-38)35-43(34-40)56-50-28-14-12-25-46(50)49-36-39(31-32-52(49)56)44-23-10-11-24-45(44)47-27-16-30-53-54(47)48-26-13-15-29-51(48)55(53)42-21-8-3-9-22-42/h1,4-6,8,10-36,44-45H,2-3,7,9H2. The van der Waals surface area contributed by atoms with Crippen LogP contribution in [-0.4, -0.2) is 9.13 Å². The number of nitrogens with zero attached hydrogens (tertiary/aromatic N) is 2. The lowest BCUT2D eigenvalue weighted by atomic mass is 9.77. The van der Waals surface area contributed by atoms with E-state index >= 15 is 0 Å². The molecule has 8 aromatic rings. The molecule has 0 fully saturated rings. The zero-order chi connectivity index (χ0) is 37.0. The topological polar surface area (TPSA) is 9.86 Å². The Labute approximate surface area is 328 Å². The highest BCUT2D eigenvalue weighted by molar-refractivity contribution is 6.13. The third-order valence-electron chi connectivity index (χ3n) is 12.2. The van der Waals surface area contributed by atoms with Crippen molar-refractivity contribution < 1.29 is 0 Å². The van der Waals surface area contributed by atoms with E-state index in [0.717, 1.165) is 25.7 Å². The fourth-order valence-corrected chi connectivity index (χ4v) is 9.60. The Bertz CT molecular complexity index is 3030. The van der Waals surface area contributed by atoms with Crippen molar-refractivity contribution in [2.75, 3.05) is 0 Å². The molecule has 6 aromatic carbocycles. The third kappa shape index (κ3) is 5.39. The van der Waals surface area contributed by atoms with E-state index in [1.165, 1.54) is 88.4 Å². The molecule has 2 heteroatoms. The predicted octanol–water partition coefficient (Wildman–Crippen LogP) is 14.5. The molecular formula is C54H42N2. The van der Waals surface area contributed by atoms with Gasteiger partial charge in [0, 0.05) is 44.8 Å². The Morgan fingerprint density at radius 3 is 1.95 bits per heavy atom. The minimum absolute atomic E-state index is 0.186. The SMILES string of the molecule is C1=CC(c2ccc3c(c2)c2ccccc2n3-c2cc(C3=CCCC=C3)cc(-c3ccccc3)c2)C(c2cccc3c2c2ccccc2n3C2=CCCC=C2)C=C1. The lowest BCUT2D eigenvalue weighted by Gasteiger charge is -2.26. The molecule has 0 radical (unpaired) electrons. The number of rotatable bonds is 6. The summed E-state index contributed by atoms with van der Waals surface area (Å²) < 4.78 is 4.96. The second-order valence-corrected chi connectivity index (χ2v) is 15.4. The van der Waals surface area contributed by atoms with E-state index in [1.807, 2.05) is 0 Å². The quantitative estimate of drug-likeness (QED) is 0.162. The molecule has 3 aliphatic carbocycles. The molecule has 3 aliphatic rings. The second-order valence-electron chi connectivity index (χ2n) is 15.4. The molecule has 0 aliphatic heterocycles. The summed E-state index contributed by atoms with van der Waals surface area (Å²) in [4.78, 5) is 0. The van der Waals surface area contributed by atoms with Gasteiger partial charge < -0.3 is 9.13 Å². The first kappa shape index (κ1) is 32.8. The highest BCUT2D eigenvalue weighted by Crippen LogP contribution is 2.45. The van der Waals surface area contributed by atoms with Gasteiger partial charge in [0.15, 0.2) is 0 Å². The number of hydrogen-bond donors (Lipinski definition) is 0. The second kappa shape index (κ2) is 13.6. The van der Waals surface area contributed by atoms with E-state index in [1.54, 1.807) is 0 Å². The van der Waals surface area contributed by atoms with E-state index in [2.05, 4.69) is 203 Å². The van der Waals surface area contributed by atoms with Crippen molar-refractivity contribution in [2.24, 2.45) is 0 Å². The van der Waals surface area contributed by atoms with Crippen LogP contribution in [-0.2, 0) is 0 Å². The zero-order valence-electron chi connectivity index (χ0n) is 31.4. The first-order valence-corrected chi connectivity index (χ1v) is 20.2. The van der Waals surface area contributed by atoms with Crippen LogP contribution in [0.25, 0.3) is 71.7 Å². The summed E-state index contributed by atoms with van der Waals surface area (Å²) >= 11 is 0. The predicted molar refractivity (Wildman–Crippen MR) is 238 cm³/mol. The Balaban J connectivity index is 1.07. The normalized spacial score (nSPS) is 18.0. The van der Waals surface area contributed by atoms with Gasteiger partial charge in [0.2, 0.25) is 0 Å². The molecule has 11 rings (SSSR count). The largest absolute Gasteiger partial charge is 0.310 e. The number of hydrogen-bond acceptors (Lipinski definition) is 0. The van der Waals surface area contributed by atoms with Crippen LogP contribution in [0.4, 0.5) is 0 Å². The fourth-order valence-electron chi connectivity index (χ4n) is 9.60. The molecule has 0 spiro atoms. The first-order valence-electron chi connectivity index (χ1n) is 20.2. The number of benzene rings is 6. The molecule has 2 atom stereocenters. The lowest BCUT2D eigenvalue weighted by Crippen LogP contribution is -2.10. The van der Waals surface area contributed by atoms with Crippen LogP contribution in [0.3, 0.4) is 0 Å². The van der Waals surface area contributed by atoms with Gasteiger partial charge in [0.05, 0.1) is 22.1 Å². The molecule has 0 amide bonds. The molecule has 0 saturated carbocycles. The number of allylic oxidation sites excluding steroid dienone is 12. The van der Waals surface area contributed by atoms with Crippen molar-refractivity contribution in [1.29, 1.82) is 0 Å². The Kier molecular flexibility index (Phi) is 7.95. The van der Waals surface area contributed by atoms with Crippen LogP contribution in [0, 0.1) is 0 Å². The van der Waals surface area contributed by atoms with Gasteiger partial charge >= 0.3 is 0 Å². The van der Waals surface area contributed by atoms with E-state index in [9.17, 15) is 0 Å². The van der Waals surface area contributed by atoms with Crippen LogP contribution < -0.4 is 0 Å². The van der Waals surface area contributed by atoms with Gasteiger partial charge in [-0.15, -0.1) is 0 Å². The number of para-hydroxylation sites is 2. The molecule has 2 unspecified atom stereocenters. The summed E-state index contributed by atoms with van der Waals surface area (Å²) in [6.45, 7) is 0. The Hall–Kier alpha value is -6.64. The van der Waals surface area contributed by atoms with Crippen molar-refractivity contribution in [3.05, 3.63) is 211 Å². The Morgan fingerprint density at radius 1 is 0.446 bits per heavy atom. The minimum atomic E-state index is 0.186. The van der Waals surface area contributed by atoms with Crippen LogP contribution >= 0.6 is 0 Å². The average molecular weight is 719 g/mol. The van der Waals surface area contributed by atoms with Gasteiger partial charge in [-0.3, -0.25) is 0 Å². The minimum Gasteiger partial charge on any atom is -0.310 e. The van der Waals surface area contributed by atoms with Crippen molar-refractivity contribution in [3.8, 4) is 16.8 Å². The molecule has 2 aromatic heterocycles. The van der Waals surface area contributed by atoms with Gasteiger partial charge in [0.25, 0.3) is 0 Å². The third-order valence-corrected chi connectivity index (χ3v) is 12.2. The van der Waals surface area contributed by atoms with E-state index in [0.29, 0.717) is 0 Å². The monoisotopic (exact) mass is 718 g/mol. The van der Waals surface area contributed by atoms with Gasteiger partial charge in [0.1, 0.15) is 0 Å². The lowest BCUT2D eigenvalue weighted by molar-refractivity contribution is 0.736. The summed E-state index contributed by atoms with van der Waals surface area (Å²) in [6, 6.07) is 50.0. The summed E-state index contributed by atoms with van der Waals surface area (Å²) in [5.74, 6) is 0.373. The highest BCUT2D eigenvalue weighted by atomic mass is 15.0. The average Bonchev–Trinajstić information content (AvgIpc) is 3.80. The van der Waals surface area contributed by atoms with Crippen molar-refractivity contribution in [3.63, 3.8) is 0 Å². The van der Waals surface area contributed by atoms with Crippen molar-refractivity contribution in [1.82, 2.24) is 9.13 Å². The van der Waals surface area contributed by atoms with Crippen LogP contribution in [0.5, 0.6) is 0 Å². The molecule has 268 valence electrons. The zero-order valence-corrected chi connectivity index (χ0v) is 31.4. The maximum Gasteiger partial charge on any atom is 0.0543 e. The van der Waals surface area contributed by atoms with Crippen LogP contribution in [0.15, 0.2) is 194 Å². The number of fused-ring (bicyclic) bond motifs is 6. The molecular weight excluding hydrogens is 677 g/mol. The molecule has 56 heavy (non-hydrogen) atoms. The maximum absolute atomic E-state index is 2.48. The van der Waals surface area contributed by atoms with E-state index in [-0.39, 0.29) is 11.8 Å². The maximum atomic E-state index is 2.48. The molecule has 0 saturated heterocycles. The van der Waals surface area contributed by atoms with Crippen LogP contribution in [0.1, 0.15) is 54.2 Å². The van der Waals surface area contributed by atoms with Crippen LogP contribution in [0.2, 0.25) is 0 Å². The van der Waals surface area contributed by atoms with E-state index < -0.39 is 0 Å². The summed E-state index contributed by atoms with van der Waals surface area (Å²) in [5.41, 5.74) is 15.2. The fraction of sp³-hybridized carbons (Fsp3) is 0.111. The summed E-state index contributed by atoms with van der Waals surface area (Å²) in [7, 11) is 0. The highest BCUT2D eigenvalue weighted by Gasteiger charge is 2.27. The van der Waals surface area contributed by atoms with Gasteiger partial charge in [-0.25, -0.2) is 0 Å². The van der Waals surface area contributed by atoms with Crippen molar-refractivity contribution >= 4 is 54.9 Å². The molecule has 0 N–H and O–H groups in total. The molecule has 0 bridgehead atoms. The first-order chi connectivity index (χ1) is 27.8. The van der Waals surface area contributed by atoms with Gasteiger partial charge in [-0.2, -0.15) is 0 Å². The molecule has 2 heterocycles. The summed E-state index contributed by atoms with van der Waals surface area (Å²) in [5, 5.41) is 5.23. The van der Waals surface area contributed by atoms with Crippen molar-refractivity contribution in [2.45, 2.75) is 37.5 Å². The smallest absolute Gasteiger partial charge is 0.0543 e. The Morgan fingerprint density at radius 2 is 1.14 bits per heavy atom. The van der Waals surface area contributed by atoms with Gasteiger partial charge in [-0.1, -0.05) is 140 Å². The van der Waals surface area contributed by atoms with E-state index in [4.69, 9.17) is 0 Å². The summed E-state index contributed by atoms with van der Waals surface area (Å²) in [6.07, 6.45) is 27.6.